The molecule has 158 valence electrons. The molecule has 3 aliphatic rings. The number of piperidine rings is 1. The number of rotatable bonds is 8. The standard InChI is InChI=1S/C21H36N4O3/c1-14(2)11-18(21(28)24-8-5-16(6-9-24)13-19(22)26)25-10-7-23-17(20(25)27)12-15-3-4-15/h14-18,23H,3-13H2,1-2H3,(H2,22,26). The smallest absolute Gasteiger partial charge is 0.245 e. The number of nitrogens with zero attached hydrogens (tertiary/aromatic N) is 2. The van der Waals surface area contributed by atoms with Crippen LogP contribution in [0.1, 0.15) is 58.8 Å². The van der Waals surface area contributed by atoms with Crippen LogP contribution in [0.2, 0.25) is 0 Å². The predicted octanol–water partition coefficient (Wildman–Crippen LogP) is 1.12. The number of nitrogens with two attached hydrogens (primary N) is 1. The van der Waals surface area contributed by atoms with E-state index in [2.05, 4.69) is 19.2 Å². The fraction of sp³-hybridized carbons (Fsp3) is 0.857. The van der Waals surface area contributed by atoms with Crippen molar-refractivity contribution < 1.29 is 14.4 Å². The third-order valence-corrected chi connectivity index (χ3v) is 6.36. The van der Waals surface area contributed by atoms with Gasteiger partial charge in [-0.05, 0) is 43.4 Å². The molecule has 1 saturated carbocycles. The zero-order valence-electron chi connectivity index (χ0n) is 17.4. The van der Waals surface area contributed by atoms with E-state index in [1.807, 2.05) is 9.80 Å². The second-order valence-electron chi connectivity index (χ2n) is 9.30. The molecule has 0 spiro atoms. The van der Waals surface area contributed by atoms with Crippen LogP contribution in [-0.2, 0) is 14.4 Å². The van der Waals surface area contributed by atoms with Gasteiger partial charge in [-0.15, -0.1) is 0 Å². The fourth-order valence-electron chi connectivity index (χ4n) is 4.60. The van der Waals surface area contributed by atoms with E-state index in [-0.39, 0.29) is 35.7 Å². The van der Waals surface area contributed by atoms with Crippen LogP contribution in [-0.4, -0.2) is 65.8 Å². The SMILES string of the molecule is CC(C)CC(C(=O)N1CCC(CC(N)=O)CC1)N1CCNC(CC2CC2)C1=O. The number of hydrogen-bond donors (Lipinski definition) is 2. The molecule has 3 amide bonds. The largest absolute Gasteiger partial charge is 0.370 e. The maximum Gasteiger partial charge on any atom is 0.245 e. The summed E-state index contributed by atoms with van der Waals surface area (Å²) >= 11 is 0. The molecule has 3 rings (SSSR count). The van der Waals surface area contributed by atoms with E-state index in [0.717, 1.165) is 25.8 Å². The number of amides is 3. The monoisotopic (exact) mass is 392 g/mol. The van der Waals surface area contributed by atoms with Gasteiger partial charge in [0.15, 0.2) is 0 Å². The van der Waals surface area contributed by atoms with Crippen molar-refractivity contribution in [2.24, 2.45) is 23.5 Å². The van der Waals surface area contributed by atoms with Crippen LogP contribution in [0.3, 0.4) is 0 Å². The molecular formula is C21H36N4O3. The van der Waals surface area contributed by atoms with E-state index in [1.54, 1.807) is 0 Å². The summed E-state index contributed by atoms with van der Waals surface area (Å²) in [4.78, 5) is 41.4. The molecule has 0 aromatic heterocycles. The highest BCUT2D eigenvalue weighted by atomic mass is 16.2. The highest BCUT2D eigenvalue weighted by molar-refractivity contribution is 5.90. The molecule has 7 heteroatoms. The fourth-order valence-corrected chi connectivity index (χ4v) is 4.60. The topological polar surface area (TPSA) is 95.7 Å². The zero-order valence-corrected chi connectivity index (χ0v) is 17.4. The van der Waals surface area contributed by atoms with Crippen LogP contribution in [0.25, 0.3) is 0 Å². The summed E-state index contributed by atoms with van der Waals surface area (Å²) in [6, 6.07) is -0.506. The first-order valence-electron chi connectivity index (χ1n) is 11.0. The first-order valence-corrected chi connectivity index (χ1v) is 11.0. The van der Waals surface area contributed by atoms with Gasteiger partial charge < -0.3 is 20.9 Å². The van der Waals surface area contributed by atoms with Crippen LogP contribution in [0.4, 0.5) is 0 Å². The molecule has 0 radical (unpaired) electrons. The molecule has 2 saturated heterocycles. The third kappa shape index (κ3) is 5.46. The van der Waals surface area contributed by atoms with Crippen molar-refractivity contribution >= 4 is 17.7 Å². The van der Waals surface area contributed by atoms with Gasteiger partial charge >= 0.3 is 0 Å². The average Bonchev–Trinajstić information content (AvgIpc) is 3.45. The van der Waals surface area contributed by atoms with Gasteiger partial charge in [0.2, 0.25) is 17.7 Å². The number of likely N-dealkylation sites (tertiary alicyclic amines) is 1. The lowest BCUT2D eigenvalue weighted by Gasteiger charge is -2.41. The summed E-state index contributed by atoms with van der Waals surface area (Å²) < 4.78 is 0. The van der Waals surface area contributed by atoms with Crippen molar-refractivity contribution in [2.45, 2.75) is 70.9 Å². The number of piperazine rings is 1. The number of carbonyl (C=O) groups excluding carboxylic acids is 3. The summed E-state index contributed by atoms with van der Waals surface area (Å²) in [6.07, 6.45) is 6.06. The maximum atomic E-state index is 13.4. The molecule has 0 aromatic carbocycles. The number of nitrogens with one attached hydrogen (secondary N) is 1. The number of primary amides is 1. The normalized spacial score (nSPS) is 25.2. The Labute approximate surface area is 168 Å². The summed E-state index contributed by atoms with van der Waals surface area (Å²) in [5.74, 6) is 1.19. The molecule has 28 heavy (non-hydrogen) atoms. The van der Waals surface area contributed by atoms with Gasteiger partial charge in [0.05, 0.1) is 6.04 Å². The van der Waals surface area contributed by atoms with E-state index >= 15 is 0 Å². The third-order valence-electron chi connectivity index (χ3n) is 6.36. The lowest BCUT2D eigenvalue weighted by Crippen LogP contribution is -2.62. The van der Waals surface area contributed by atoms with Gasteiger partial charge in [-0.2, -0.15) is 0 Å². The Balaban J connectivity index is 1.64. The number of hydrogen-bond acceptors (Lipinski definition) is 4. The minimum Gasteiger partial charge on any atom is -0.370 e. The van der Waals surface area contributed by atoms with E-state index in [1.165, 1.54) is 12.8 Å². The van der Waals surface area contributed by atoms with Gasteiger partial charge in [-0.3, -0.25) is 14.4 Å². The minimum atomic E-state index is -0.371. The molecule has 1 aliphatic carbocycles. The molecule has 0 bridgehead atoms. The lowest BCUT2D eigenvalue weighted by atomic mass is 9.92. The number of carbonyl (C=O) groups is 3. The second kappa shape index (κ2) is 9.25. The minimum absolute atomic E-state index is 0.0756. The molecule has 3 N–H and O–H groups in total. The second-order valence-corrected chi connectivity index (χ2v) is 9.30. The van der Waals surface area contributed by atoms with Crippen LogP contribution >= 0.6 is 0 Å². The maximum absolute atomic E-state index is 13.4. The molecule has 7 nitrogen and oxygen atoms in total. The Bertz CT molecular complexity index is 582. The van der Waals surface area contributed by atoms with Crippen LogP contribution in [0.5, 0.6) is 0 Å². The quantitative estimate of drug-likeness (QED) is 0.647. The Kier molecular flexibility index (Phi) is 6.96. The van der Waals surface area contributed by atoms with Crippen LogP contribution in [0.15, 0.2) is 0 Å². The van der Waals surface area contributed by atoms with Gasteiger partial charge in [0.1, 0.15) is 6.04 Å². The molecule has 2 atom stereocenters. The van der Waals surface area contributed by atoms with Crippen molar-refractivity contribution in [3.8, 4) is 0 Å². The highest BCUT2D eigenvalue weighted by Crippen LogP contribution is 2.34. The van der Waals surface area contributed by atoms with Gasteiger partial charge in [0, 0.05) is 32.6 Å². The molecular weight excluding hydrogens is 356 g/mol. The molecule has 2 aliphatic heterocycles. The van der Waals surface area contributed by atoms with Crippen molar-refractivity contribution in [3.05, 3.63) is 0 Å². The van der Waals surface area contributed by atoms with Gasteiger partial charge in [-0.1, -0.05) is 26.7 Å². The Morgan fingerprint density at radius 2 is 1.79 bits per heavy atom. The highest BCUT2D eigenvalue weighted by Gasteiger charge is 2.40. The van der Waals surface area contributed by atoms with E-state index < -0.39 is 0 Å². The van der Waals surface area contributed by atoms with Crippen molar-refractivity contribution in [2.75, 3.05) is 26.2 Å². The van der Waals surface area contributed by atoms with Crippen molar-refractivity contribution in [1.82, 2.24) is 15.1 Å². The first-order chi connectivity index (χ1) is 13.3. The van der Waals surface area contributed by atoms with Crippen molar-refractivity contribution in [1.29, 1.82) is 0 Å². The van der Waals surface area contributed by atoms with E-state index in [0.29, 0.717) is 44.3 Å². The Hall–Kier alpha value is -1.63. The van der Waals surface area contributed by atoms with Gasteiger partial charge in [-0.25, -0.2) is 0 Å². The van der Waals surface area contributed by atoms with Crippen molar-refractivity contribution in [3.63, 3.8) is 0 Å². The lowest BCUT2D eigenvalue weighted by molar-refractivity contribution is -0.150. The summed E-state index contributed by atoms with van der Waals surface area (Å²) in [5.41, 5.74) is 5.32. The average molecular weight is 393 g/mol. The molecule has 3 fully saturated rings. The first kappa shape index (κ1) is 21.1. The predicted molar refractivity (Wildman–Crippen MR) is 107 cm³/mol. The molecule has 2 heterocycles. The zero-order chi connectivity index (χ0) is 20.3. The molecule has 2 unspecified atom stereocenters. The molecule has 0 aromatic rings. The van der Waals surface area contributed by atoms with Crippen LogP contribution < -0.4 is 11.1 Å². The Morgan fingerprint density at radius 3 is 2.36 bits per heavy atom. The van der Waals surface area contributed by atoms with E-state index in [4.69, 9.17) is 5.73 Å². The summed E-state index contributed by atoms with van der Waals surface area (Å²) in [7, 11) is 0. The summed E-state index contributed by atoms with van der Waals surface area (Å²) in [6.45, 7) is 6.86. The Morgan fingerprint density at radius 1 is 1.11 bits per heavy atom. The van der Waals surface area contributed by atoms with Gasteiger partial charge in [0.25, 0.3) is 0 Å². The summed E-state index contributed by atoms with van der Waals surface area (Å²) in [5, 5.41) is 3.36. The van der Waals surface area contributed by atoms with E-state index in [9.17, 15) is 14.4 Å². The van der Waals surface area contributed by atoms with Crippen LogP contribution in [0, 0.1) is 17.8 Å².